The Hall–Kier alpha value is -3.87. The van der Waals surface area contributed by atoms with E-state index in [0.717, 1.165) is 66.7 Å². The summed E-state index contributed by atoms with van der Waals surface area (Å²) in [5.74, 6) is 1.47. The first-order valence-corrected chi connectivity index (χ1v) is 14.0. The van der Waals surface area contributed by atoms with Gasteiger partial charge in [0.2, 0.25) is 5.88 Å². The van der Waals surface area contributed by atoms with Crippen LogP contribution < -0.4 is 15.8 Å². The molecular weight excluding hydrogens is 544 g/mol. The van der Waals surface area contributed by atoms with Crippen molar-refractivity contribution in [2.24, 2.45) is 12.5 Å². The first-order chi connectivity index (χ1) is 19.8. The molecule has 2 fully saturated rings. The second-order valence-electron chi connectivity index (χ2n) is 10.9. The summed E-state index contributed by atoms with van der Waals surface area (Å²) in [6.45, 7) is 9.20. The van der Waals surface area contributed by atoms with Crippen LogP contribution in [0.25, 0.3) is 22.6 Å². The summed E-state index contributed by atoms with van der Waals surface area (Å²) in [6.07, 6.45) is 7.55. The number of likely N-dealkylation sites (tertiary alicyclic amines) is 1. The monoisotopic (exact) mass is 576 g/mol. The van der Waals surface area contributed by atoms with Crippen LogP contribution in [0.5, 0.6) is 5.88 Å². The van der Waals surface area contributed by atoms with Crippen molar-refractivity contribution in [3.05, 3.63) is 53.5 Å². The molecule has 0 radical (unpaired) electrons. The largest absolute Gasteiger partial charge is 0.474 e. The Morgan fingerprint density at radius 2 is 2.00 bits per heavy atom. The lowest BCUT2D eigenvalue weighted by atomic mass is 9.78. The van der Waals surface area contributed by atoms with E-state index in [2.05, 4.69) is 40.2 Å². The molecule has 2 aliphatic heterocycles. The van der Waals surface area contributed by atoms with Crippen molar-refractivity contribution < 1.29 is 9.47 Å². The number of aromatic nitrogens is 7. The number of ether oxygens (including phenoxy) is 2. The summed E-state index contributed by atoms with van der Waals surface area (Å²) in [6, 6.07) is 3.45. The second kappa shape index (κ2) is 11.2. The lowest BCUT2D eigenvalue weighted by Gasteiger charge is -2.55. The molecule has 2 aliphatic rings. The molecule has 3 N–H and O–H groups in total. The molecule has 1 atom stereocenters. The van der Waals surface area contributed by atoms with E-state index in [0.29, 0.717) is 41.1 Å². The van der Waals surface area contributed by atoms with Gasteiger partial charge in [-0.3, -0.25) is 14.9 Å². The zero-order chi connectivity index (χ0) is 28.6. The van der Waals surface area contributed by atoms with E-state index in [4.69, 9.17) is 26.8 Å². The van der Waals surface area contributed by atoms with Crippen LogP contribution in [0.2, 0.25) is 5.15 Å². The molecule has 1 spiro atoms. The third-order valence-corrected chi connectivity index (χ3v) is 7.63. The molecule has 4 aromatic heterocycles. The molecule has 0 saturated carbocycles. The smallest absolute Gasteiger partial charge is 0.223 e. The summed E-state index contributed by atoms with van der Waals surface area (Å²) >= 11 is 6.25. The molecule has 6 heterocycles. The Bertz CT molecular complexity index is 1530. The van der Waals surface area contributed by atoms with Gasteiger partial charge >= 0.3 is 0 Å². The van der Waals surface area contributed by atoms with Crippen molar-refractivity contribution in [1.82, 2.24) is 39.6 Å². The number of hydrogen-bond donors (Lipinski definition) is 2. The average molecular weight is 577 g/mol. The van der Waals surface area contributed by atoms with Gasteiger partial charge in [-0.1, -0.05) is 11.6 Å². The minimum atomic E-state index is -0.135. The van der Waals surface area contributed by atoms with Crippen molar-refractivity contribution in [3.63, 3.8) is 0 Å². The molecular formula is C28H33ClN10O2. The minimum Gasteiger partial charge on any atom is -0.474 e. The van der Waals surface area contributed by atoms with Crippen LogP contribution >= 0.6 is 11.6 Å². The summed E-state index contributed by atoms with van der Waals surface area (Å²) < 4.78 is 13.4. The topological polar surface area (TPSA) is 142 Å². The van der Waals surface area contributed by atoms with Crippen LogP contribution in [-0.2, 0) is 18.3 Å². The number of pyridine rings is 1. The average Bonchev–Trinajstić information content (AvgIpc) is 3.17. The Morgan fingerprint density at radius 1 is 1.17 bits per heavy atom. The van der Waals surface area contributed by atoms with Crippen LogP contribution in [0, 0.1) is 12.3 Å². The number of aryl methyl sites for hydroxylation is 2. The van der Waals surface area contributed by atoms with Gasteiger partial charge in [0.1, 0.15) is 16.5 Å². The zero-order valence-corrected chi connectivity index (χ0v) is 24.1. The van der Waals surface area contributed by atoms with Gasteiger partial charge in [-0.15, -0.1) is 0 Å². The van der Waals surface area contributed by atoms with Gasteiger partial charge < -0.3 is 20.5 Å². The van der Waals surface area contributed by atoms with E-state index >= 15 is 0 Å². The number of nitrogens with one attached hydrogen (secondary N) is 1. The molecule has 4 aromatic rings. The van der Waals surface area contributed by atoms with Gasteiger partial charge in [0, 0.05) is 68.7 Å². The molecule has 0 aromatic carbocycles. The molecule has 0 bridgehead atoms. The highest BCUT2D eigenvalue weighted by Crippen LogP contribution is 2.38. The fourth-order valence-electron chi connectivity index (χ4n) is 5.35. The van der Waals surface area contributed by atoms with Gasteiger partial charge in [-0.05, 0) is 26.0 Å². The van der Waals surface area contributed by atoms with E-state index < -0.39 is 0 Å². The van der Waals surface area contributed by atoms with Crippen LogP contribution in [0.15, 0.2) is 36.9 Å². The number of nitrogen functional groups attached to an aromatic ring is 1. The molecule has 0 aliphatic carbocycles. The maximum absolute atomic E-state index is 6.32. The highest BCUT2D eigenvalue weighted by atomic mass is 35.5. The predicted molar refractivity (Wildman–Crippen MR) is 155 cm³/mol. The van der Waals surface area contributed by atoms with Crippen LogP contribution in [0.4, 0.5) is 11.5 Å². The fourth-order valence-corrected chi connectivity index (χ4v) is 5.51. The van der Waals surface area contributed by atoms with Crippen LogP contribution in [0.3, 0.4) is 0 Å². The van der Waals surface area contributed by atoms with E-state index in [9.17, 15) is 0 Å². The van der Waals surface area contributed by atoms with Crippen molar-refractivity contribution in [2.45, 2.75) is 32.9 Å². The lowest BCUT2D eigenvalue weighted by molar-refractivity contribution is -0.191. The molecule has 12 nitrogen and oxygen atoms in total. The summed E-state index contributed by atoms with van der Waals surface area (Å²) in [4.78, 5) is 24.7. The quantitative estimate of drug-likeness (QED) is 0.268. The van der Waals surface area contributed by atoms with Gasteiger partial charge in [0.05, 0.1) is 48.8 Å². The van der Waals surface area contributed by atoms with E-state index in [1.807, 2.05) is 27.1 Å². The van der Waals surface area contributed by atoms with Crippen molar-refractivity contribution in [3.8, 4) is 28.5 Å². The number of hydrogen-bond acceptors (Lipinski definition) is 11. The summed E-state index contributed by atoms with van der Waals surface area (Å²) in [7, 11) is 1.84. The van der Waals surface area contributed by atoms with E-state index in [-0.39, 0.29) is 6.10 Å². The van der Waals surface area contributed by atoms with Crippen LogP contribution in [0.1, 0.15) is 24.7 Å². The second-order valence-corrected chi connectivity index (χ2v) is 11.3. The Kier molecular flexibility index (Phi) is 7.45. The van der Waals surface area contributed by atoms with Gasteiger partial charge in [-0.2, -0.15) is 5.10 Å². The number of nitrogens with zero attached hydrogens (tertiary/aromatic N) is 8. The number of nitrogens with two attached hydrogens (primary N) is 1. The molecule has 41 heavy (non-hydrogen) atoms. The van der Waals surface area contributed by atoms with Crippen molar-refractivity contribution in [2.75, 3.05) is 43.9 Å². The SMILES string of the molecule is Cc1nn(C)c(O[C@@H](C)CCNc2cc(Cl)ncc2-c2cnc(CN3CC4(COC4)C3)cn2)c1-c1nccc(N)n1. The van der Waals surface area contributed by atoms with Gasteiger partial charge in [-0.25, -0.2) is 19.6 Å². The molecule has 2 saturated heterocycles. The number of halogens is 1. The first-order valence-electron chi connectivity index (χ1n) is 13.6. The molecule has 0 amide bonds. The van der Waals surface area contributed by atoms with Gasteiger partial charge in [0.25, 0.3) is 0 Å². The van der Waals surface area contributed by atoms with E-state index in [1.54, 1.807) is 35.4 Å². The number of rotatable bonds is 10. The Balaban J connectivity index is 1.08. The van der Waals surface area contributed by atoms with E-state index in [1.165, 1.54) is 0 Å². The molecule has 0 unspecified atom stereocenters. The predicted octanol–water partition coefficient (Wildman–Crippen LogP) is 3.37. The first kappa shape index (κ1) is 27.3. The fraction of sp³-hybridized carbons (Fsp3) is 0.429. The summed E-state index contributed by atoms with van der Waals surface area (Å²) in [5.41, 5.74) is 11.1. The Labute approximate surface area is 243 Å². The number of anilines is 2. The maximum atomic E-state index is 6.32. The van der Waals surface area contributed by atoms with Crippen molar-refractivity contribution >= 4 is 23.1 Å². The minimum absolute atomic E-state index is 0.135. The van der Waals surface area contributed by atoms with Gasteiger partial charge in [0.15, 0.2) is 5.82 Å². The molecule has 13 heteroatoms. The lowest BCUT2D eigenvalue weighted by Crippen LogP contribution is -2.65. The standard InChI is InChI=1S/C28H33ClN10O2/c1-17(41-27-25(18(2)37-38(27)3)26-32-7-5-24(30)36-26)4-6-31-21-8-23(29)35-10-20(21)22-11-33-19(9-34-22)12-39-13-28(14-39)15-40-16-28/h5,7-11,17H,4,6,12-16H2,1-3H3,(H,31,35)(H2,30,32,36)/t17-/m0/s1. The zero-order valence-electron chi connectivity index (χ0n) is 23.3. The van der Waals surface area contributed by atoms with Crippen LogP contribution in [-0.4, -0.2) is 78.6 Å². The third-order valence-electron chi connectivity index (χ3n) is 7.42. The summed E-state index contributed by atoms with van der Waals surface area (Å²) in [5, 5.41) is 8.38. The maximum Gasteiger partial charge on any atom is 0.223 e. The Morgan fingerprint density at radius 3 is 2.71 bits per heavy atom. The highest BCUT2D eigenvalue weighted by Gasteiger charge is 2.48. The highest BCUT2D eigenvalue weighted by molar-refractivity contribution is 6.29. The van der Waals surface area contributed by atoms with Crippen molar-refractivity contribution in [1.29, 1.82) is 0 Å². The molecule has 214 valence electrons. The normalized spacial score (nSPS) is 16.7. The molecule has 6 rings (SSSR count). The third kappa shape index (κ3) is 5.81.